The molecule has 3 aromatic rings. The van der Waals surface area contributed by atoms with Crippen molar-refractivity contribution in [3.63, 3.8) is 0 Å². The van der Waals surface area contributed by atoms with E-state index in [4.69, 9.17) is 4.74 Å². The van der Waals surface area contributed by atoms with E-state index in [1.807, 2.05) is 49.4 Å². The second-order valence-corrected chi connectivity index (χ2v) is 11.8. The first-order chi connectivity index (χ1) is 18.5. The maximum Gasteiger partial charge on any atom is 0.321 e. The zero-order valence-corrected chi connectivity index (χ0v) is 23.2. The highest BCUT2D eigenvalue weighted by molar-refractivity contribution is 7.92. The van der Waals surface area contributed by atoms with E-state index in [-0.39, 0.29) is 54.6 Å². The SMILES string of the molecule is C[C@H]1CN([C@@H](C)CO)C(=O)c2cccc(NS(C)(=O)=O)c2O[C@@H]1CN(C)C(=O)Nc1cccc2ccccc12. The van der Waals surface area contributed by atoms with Crippen molar-refractivity contribution in [3.05, 3.63) is 66.2 Å². The minimum atomic E-state index is -3.67. The molecule has 11 heteroatoms. The van der Waals surface area contributed by atoms with Gasteiger partial charge < -0.3 is 25.0 Å². The molecule has 0 aromatic heterocycles. The Labute approximate surface area is 228 Å². The summed E-state index contributed by atoms with van der Waals surface area (Å²) in [5.41, 5.74) is 0.973. The highest BCUT2D eigenvalue weighted by Gasteiger charge is 2.35. The van der Waals surface area contributed by atoms with Crippen LogP contribution in [-0.4, -0.2) is 80.4 Å². The number of aliphatic hydroxyl groups is 1. The van der Waals surface area contributed by atoms with Crippen LogP contribution in [0.5, 0.6) is 5.75 Å². The number of carbonyl (C=O) groups is 2. The zero-order valence-electron chi connectivity index (χ0n) is 22.4. The van der Waals surface area contributed by atoms with Crippen molar-refractivity contribution in [2.45, 2.75) is 26.0 Å². The lowest BCUT2D eigenvalue weighted by Crippen LogP contribution is -2.50. The molecule has 3 amide bonds. The normalized spacial score (nSPS) is 18.4. The number of nitrogens with one attached hydrogen (secondary N) is 2. The summed E-state index contributed by atoms with van der Waals surface area (Å²) in [6.07, 6.45) is 0.416. The molecule has 0 unspecified atom stereocenters. The Hall–Kier alpha value is -3.83. The molecular formula is C28H34N4O6S. The van der Waals surface area contributed by atoms with E-state index in [0.29, 0.717) is 5.69 Å². The number of hydrogen-bond acceptors (Lipinski definition) is 6. The average molecular weight is 555 g/mol. The van der Waals surface area contributed by atoms with E-state index >= 15 is 0 Å². The number of aliphatic hydroxyl groups excluding tert-OH is 1. The Morgan fingerprint density at radius 2 is 1.79 bits per heavy atom. The number of benzene rings is 3. The number of urea groups is 1. The molecule has 3 aromatic carbocycles. The molecule has 1 aliphatic rings. The van der Waals surface area contributed by atoms with Crippen LogP contribution in [0.4, 0.5) is 16.2 Å². The Morgan fingerprint density at radius 1 is 1.13 bits per heavy atom. The summed E-state index contributed by atoms with van der Waals surface area (Å²) in [6.45, 7) is 3.81. The van der Waals surface area contributed by atoms with Gasteiger partial charge in [0.25, 0.3) is 5.91 Å². The third-order valence-corrected chi connectivity index (χ3v) is 7.41. The first kappa shape index (κ1) is 28.2. The average Bonchev–Trinajstić information content (AvgIpc) is 2.89. The molecule has 1 aliphatic heterocycles. The first-order valence-electron chi connectivity index (χ1n) is 12.7. The molecule has 0 bridgehead atoms. The second-order valence-electron chi connectivity index (χ2n) is 10.0. The van der Waals surface area contributed by atoms with E-state index < -0.39 is 22.2 Å². The number of ether oxygens (including phenoxy) is 1. The molecule has 0 aliphatic carbocycles. The maximum atomic E-state index is 13.5. The summed E-state index contributed by atoms with van der Waals surface area (Å²) in [5.74, 6) is -0.561. The number of hydrogen-bond donors (Lipinski definition) is 3. The van der Waals surface area contributed by atoms with Crippen LogP contribution in [0.1, 0.15) is 24.2 Å². The molecule has 0 spiro atoms. The lowest BCUT2D eigenvalue weighted by atomic mass is 9.99. The molecule has 0 radical (unpaired) electrons. The van der Waals surface area contributed by atoms with Gasteiger partial charge in [0.15, 0.2) is 5.75 Å². The van der Waals surface area contributed by atoms with Crippen LogP contribution in [0, 0.1) is 5.92 Å². The third-order valence-electron chi connectivity index (χ3n) is 6.82. The van der Waals surface area contributed by atoms with Gasteiger partial charge in [-0.25, -0.2) is 13.2 Å². The summed E-state index contributed by atoms with van der Waals surface area (Å²) in [4.78, 5) is 29.8. The molecule has 3 atom stereocenters. The van der Waals surface area contributed by atoms with Gasteiger partial charge in [-0.2, -0.15) is 0 Å². The zero-order chi connectivity index (χ0) is 28.3. The van der Waals surface area contributed by atoms with E-state index in [9.17, 15) is 23.1 Å². The van der Waals surface area contributed by atoms with Gasteiger partial charge in [-0.05, 0) is 30.5 Å². The van der Waals surface area contributed by atoms with Crippen LogP contribution in [0.25, 0.3) is 10.8 Å². The van der Waals surface area contributed by atoms with E-state index in [2.05, 4.69) is 10.0 Å². The van der Waals surface area contributed by atoms with Crippen molar-refractivity contribution in [1.29, 1.82) is 0 Å². The second kappa shape index (κ2) is 11.5. The van der Waals surface area contributed by atoms with Crippen molar-refractivity contribution in [3.8, 4) is 5.75 Å². The van der Waals surface area contributed by atoms with Gasteiger partial charge in [0.05, 0.1) is 42.4 Å². The molecule has 10 nitrogen and oxygen atoms in total. The molecular weight excluding hydrogens is 520 g/mol. The lowest BCUT2D eigenvalue weighted by molar-refractivity contribution is 0.0373. The topological polar surface area (TPSA) is 128 Å². The van der Waals surface area contributed by atoms with Crippen LogP contribution in [0.2, 0.25) is 0 Å². The summed E-state index contributed by atoms with van der Waals surface area (Å²) >= 11 is 0. The first-order valence-corrected chi connectivity index (χ1v) is 14.6. The van der Waals surface area contributed by atoms with Gasteiger partial charge in [-0.1, -0.05) is 49.4 Å². The predicted octanol–water partition coefficient (Wildman–Crippen LogP) is 3.60. The molecule has 0 fully saturated rings. The van der Waals surface area contributed by atoms with Crippen molar-refractivity contribution in [2.75, 3.05) is 43.0 Å². The van der Waals surface area contributed by atoms with Crippen LogP contribution in [0.3, 0.4) is 0 Å². The van der Waals surface area contributed by atoms with Crippen LogP contribution in [-0.2, 0) is 10.0 Å². The van der Waals surface area contributed by atoms with Gasteiger partial charge >= 0.3 is 6.03 Å². The Bertz CT molecular complexity index is 1470. The predicted molar refractivity (Wildman–Crippen MR) is 152 cm³/mol. The molecule has 208 valence electrons. The molecule has 0 saturated carbocycles. The fourth-order valence-corrected chi connectivity index (χ4v) is 5.20. The van der Waals surface area contributed by atoms with Gasteiger partial charge in [0.1, 0.15) is 6.10 Å². The van der Waals surface area contributed by atoms with E-state index in [1.165, 1.54) is 11.0 Å². The summed E-state index contributed by atoms with van der Waals surface area (Å²) in [5, 5.41) is 14.7. The van der Waals surface area contributed by atoms with E-state index in [1.54, 1.807) is 31.0 Å². The smallest absolute Gasteiger partial charge is 0.321 e. The van der Waals surface area contributed by atoms with Gasteiger partial charge in [0, 0.05) is 24.9 Å². The van der Waals surface area contributed by atoms with Gasteiger partial charge in [-0.15, -0.1) is 0 Å². The number of carbonyl (C=O) groups excluding carboxylic acids is 2. The molecule has 3 N–H and O–H groups in total. The minimum Gasteiger partial charge on any atom is -0.485 e. The Balaban J connectivity index is 1.64. The Kier molecular flexibility index (Phi) is 8.31. The van der Waals surface area contributed by atoms with Crippen LogP contribution in [0.15, 0.2) is 60.7 Å². The number of fused-ring (bicyclic) bond motifs is 2. The number of amides is 3. The van der Waals surface area contributed by atoms with E-state index in [0.717, 1.165) is 17.0 Å². The molecule has 39 heavy (non-hydrogen) atoms. The van der Waals surface area contributed by atoms with Gasteiger partial charge in [0.2, 0.25) is 10.0 Å². The monoisotopic (exact) mass is 554 g/mol. The highest BCUT2D eigenvalue weighted by atomic mass is 32.2. The number of anilines is 2. The number of sulfonamides is 1. The number of nitrogens with zero attached hydrogens (tertiary/aromatic N) is 2. The van der Waals surface area contributed by atoms with Crippen molar-refractivity contribution in [1.82, 2.24) is 9.80 Å². The maximum absolute atomic E-state index is 13.5. The molecule has 0 saturated heterocycles. The van der Waals surface area contributed by atoms with Crippen molar-refractivity contribution in [2.24, 2.45) is 5.92 Å². The highest BCUT2D eigenvalue weighted by Crippen LogP contribution is 2.35. The lowest BCUT2D eigenvalue weighted by Gasteiger charge is -2.38. The molecule has 1 heterocycles. The van der Waals surface area contributed by atoms with Crippen molar-refractivity contribution >= 4 is 44.1 Å². The summed E-state index contributed by atoms with van der Waals surface area (Å²) < 4.78 is 32.9. The number of likely N-dealkylation sites (N-methyl/N-ethyl adjacent to an activating group) is 1. The largest absolute Gasteiger partial charge is 0.485 e. The number of rotatable bonds is 7. The minimum absolute atomic E-state index is 0.0856. The fraction of sp³-hybridized carbons (Fsp3) is 0.357. The summed E-state index contributed by atoms with van der Waals surface area (Å²) in [6, 6.07) is 17.3. The standard InChI is InChI=1S/C28H34N4O6S/c1-18-15-32(19(2)17-33)27(34)22-12-8-14-24(30-39(4,36)37)26(22)38-25(18)16-31(3)28(35)29-23-13-7-10-20-9-5-6-11-21(20)23/h5-14,18-19,25,30,33H,15-17H2,1-4H3,(H,29,35)/t18-,19-,25+/m0/s1. The van der Waals surface area contributed by atoms with Crippen LogP contribution >= 0.6 is 0 Å². The quantitative estimate of drug-likeness (QED) is 0.410. The summed E-state index contributed by atoms with van der Waals surface area (Å²) in [7, 11) is -2.02. The third kappa shape index (κ3) is 6.43. The van der Waals surface area contributed by atoms with Crippen molar-refractivity contribution < 1.29 is 27.9 Å². The molecule has 4 rings (SSSR count). The van der Waals surface area contributed by atoms with Crippen LogP contribution < -0.4 is 14.8 Å². The van der Waals surface area contributed by atoms with Gasteiger partial charge in [-0.3, -0.25) is 9.52 Å². The fourth-order valence-electron chi connectivity index (χ4n) is 4.64. The number of para-hydroxylation sites is 1. The Morgan fingerprint density at radius 3 is 2.51 bits per heavy atom.